The molecule has 1 heterocycles. The average molecular weight is 480 g/mol. The van der Waals surface area contributed by atoms with Gasteiger partial charge < -0.3 is 16.0 Å². The van der Waals surface area contributed by atoms with Crippen molar-refractivity contribution in [1.82, 2.24) is 20.9 Å². The summed E-state index contributed by atoms with van der Waals surface area (Å²) in [7, 11) is 0. The molecule has 3 amide bonds. The van der Waals surface area contributed by atoms with E-state index in [1.54, 1.807) is 48.5 Å². The highest BCUT2D eigenvalue weighted by atomic mass is 19.4. The number of Topliss-reactive ketones (excluding diaryl/α,β-unsaturated/α-hetero) is 1. The molecular weight excluding hydrogens is 457 g/mol. The Bertz CT molecular complexity index is 987. The fourth-order valence-corrected chi connectivity index (χ4v) is 2.77. The van der Waals surface area contributed by atoms with Gasteiger partial charge in [-0.15, -0.1) is 13.2 Å². The predicted molar refractivity (Wildman–Crippen MR) is 113 cm³/mol. The van der Waals surface area contributed by atoms with Crippen molar-refractivity contribution in [3.05, 3.63) is 66.0 Å². The van der Waals surface area contributed by atoms with E-state index in [0.717, 1.165) is 0 Å². The minimum atomic E-state index is -5.00. The van der Waals surface area contributed by atoms with Crippen molar-refractivity contribution in [2.24, 2.45) is 0 Å². The molecule has 0 saturated heterocycles. The molecule has 0 aliphatic heterocycles. The summed E-state index contributed by atoms with van der Waals surface area (Å²) in [5.41, 5.74) is 1.17. The monoisotopic (exact) mass is 480 g/mol. The Morgan fingerprint density at radius 2 is 1.68 bits per heavy atom. The summed E-state index contributed by atoms with van der Waals surface area (Å²) in [5.74, 6) is -3.94. The maximum absolute atomic E-state index is 12.8. The summed E-state index contributed by atoms with van der Waals surface area (Å²) in [4.78, 5) is 53.3. The van der Waals surface area contributed by atoms with Crippen LogP contribution in [0.3, 0.4) is 0 Å². The van der Waals surface area contributed by atoms with E-state index < -0.39 is 48.6 Å². The molecule has 34 heavy (non-hydrogen) atoms. The van der Waals surface area contributed by atoms with Crippen LogP contribution in [-0.4, -0.2) is 53.5 Å². The van der Waals surface area contributed by atoms with Crippen molar-refractivity contribution in [2.45, 2.75) is 38.3 Å². The molecule has 0 saturated carbocycles. The summed E-state index contributed by atoms with van der Waals surface area (Å²) < 4.78 is 39.6. The second kappa shape index (κ2) is 12.4. The maximum atomic E-state index is 12.8. The number of hydrogen-bond acceptors (Lipinski definition) is 6. The van der Waals surface area contributed by atoms with E-state index in [1.807, 2.05) is 5.32 Å². The van der Waals surface area contributed by atoms with Gasteiger partial charge in [-0.1, -0.05) is 36.4 Å². The van der Waals surface area contributed by atoms with Gasteiger partial charge in [0.15, 0.2) is 0 Å². The molecule has 0 fully saturated rings. The Morgan fingerprint density at radius 1 is 1.00 bits per heavy atom. The van der Waals surface area contributed by atoms with Crippen LogP contribution in [0.5, 0.6) is 0 Å². The fraction of sp³-hybridized carbons (Fsp3) is 0.318. The predicted octanol–water partition coefficient (Wildman–Crippen LogP) is 1.04. The van der Waals surface area contributed by atoms with Gasteiger partial charge in [-0.05, 0) is 24.6 Å². The molecule has 3 N–H and O–H groups in total. The first kappa shape index (κ1) is 26.5. The molecule has 2 atom stereocenters. The number of carbonyl (C=O) groups excluding carboxylic acids is 4. The van der Waals surface area contributed by atoms with Crippen molar-refractivity contribution in [3.8, 4) is 0 Å². The van der Waals surface area contributed by atoms with Gasteiger partial charge in [0.2, 0.25) is 17.6 Å². The smallest absolute Gasteiger partial charge is 0.344 e. The van der Waals surface area contributed by atoms with Gasteiger partial charge in [-0.3, -0.25) is 28.9 Å². The van der Waals surface area contributed by atoms with E-state index in [1.165, 1.54) is 13.1 Å². The molecule has 12 heteroatoms. The van der Waals surface area contributed by atoms with Gasteiger partial charge in [0.1, 0.15) is 18.7 Å². The van der Waals surface area contributed by atoms with E-state index in [-0.39, 0.29) is 13.0 Å². The highest BCUT2D eigenvalue weighted by molar-refractivity contribution is 6.38. The zero-order valence-electron chi connectivity index (χ0n) is 18.1. The number of rotatable bonds is 11. The lowest BCUT2D eigenvalue weighted by Crippen LogP contribution is -2.54. The second-order valence-corrected chi connectivity index (χ2v) is 7.14. The van der Waals surface area contributed by atoms with Crippen LogP contribution in [-0.2, 0) is 36.9 Å². The van der Waals surface area contributed by atoms with Gasteiger partial charge in [0, 0.05) is 12.6 Å². The molecule has 0 aliphatic carbocycles. The number of benzene rings is 1. The van der Waals surface area contributed by atoms with E-state index in [0.29, 0.717) is 11.3 Å². The number of halogens is 3. The lowest BCUT2D eigenvalue weighted by Gasteiger charge is -2.21. The Morgan fingerprint density at radius 3 is 2.29 bits per heavy atom. The zero-order valence-corrected chi connectivity index (χ0v) is 18.1. The van der Waals surface area contributed by atoms with E-state index in [2.05, 4.69) is 20.4 Å². The number of nitrogens with zero attached hydrogens (tertiary/aromatic N) is 1. The first-order valence-corrected chi connectivity index (χ1v) is 10.1. The maximum Gasteiger partial charge on any atom is 0.523 e. The highest BCUT2D eigenvalue weighted by Crippen LogP contribution is 2.15. The summed E-state index contributed by atoms with van der Waals surface area (Å²) in [5, 5.41) is 6.85. The number of ketones is 1. The Hall–Kier alpha value is -3.80. The third kappa shape index (κ3) is 9.36. The van der Waals surface area contributed by atoms with Crippen LogP contribution in [0.25, 0.3) is 0 Å². The lowest BCUT2D eigenvalue weighted by molar-refractivity contribution is -0.321. The van der Waals surface area contributed by atoms with Gasteiger partial charge in [0.25, 0.3) is 5.91 Å². The van der Waals surface area contributed by atoms with E-state index in [9.17, 15) is 32.3 Å². The molecule has 9 nitrogen and oxygen atoms in total. The minimum absolute atomic E-state index is 0.0108. The third-order valence-corrected chi connectivity index (χ3v) is 4.43. The first-order chi connectivity index (χ1) is 16.0. The van der Waals surface area contributed by atoms with Crippen molar-refractivity contribution >= 4 is 23.5 Å². The van der Waals surface area contributed by atoms with Crippen LogP contribution in [0.2, 0.25) is 0 Å². The van der Waals surface area contributed by atoms with Crippen molar-refractivity contribution < 1.29 is 37.1 Å². The molecule has 0 aliphatic rings. The van der Waals surface area contributed by atoms with Gasteiger partial charge in [-0.25, -0.2) is 0 Å². The molecule has 182 valence electrons. The SMILES string of the molecule is C[C@@H](NC(=O)COC(F)(F)F)C(=O)N[C@H](Cc1ccccc1)C(=O)C(=O)NCc1ccccn1. The largest absolute Gasteiger partial charge is 0.523 e. The van der Waals surface area contributed by atoms with Crippen LogP contribution in [0.1, 0.15) is 18.2 Å². The number of amides is 3. The average Bonchev–Trinajstić information content (AvgIpc) is 2.81. The van der Waals surface area contributed by atoms with E-state index >= 15 is 0 Å². The Labute approximate surface area is 193 Å². The van der Waals surface area contributed by atoms with E-state index in [4.69, 9.17) is 0 Å². The number of ether oxygens (including phenoxy) is 1. The van der Waals surface area contributed by atoms with Crippen molar-refractivity contribution in [2.75, 3.05) is 6.61 Å². The number of pyridine rings is 1. The highest BCUT2D eigenvalue weighted by Gasteiger charge is 2.32. The summed E-state index contributed by atoms with van der Waals surface area (Å²) >= 11 is 0. The molecule has 1 aromatic heterocycles. The fourth-order valence-electron chi connectivity index (χ4n) is 2.77. The second-order valence-electron chi connectivity index (χ2n) is 7.14. The first-order valence-electron chi connectivity index (χ1n) is 10.1. The number of alkyl halides is 3. The third-order valence-electron chi connectivity index (χ3n) is 4.43. The quantitative estimate of drug-likeness (QED) is 0.413. The molecule has 0 unspecified atom stereocenters. The zero-order chi connectivity index (χ0) is 25.1. The van der Waals surface area contributed by atoms with Crippen LogP contribution in [0.15, 0.2) is 54.7 Å². The van der Waals surface area contributed by atoms with Gasteiger partial charge in [0.05, 0.1) is 12.2 Å². The number of aromatic nitrogens is 1. The minimum Gasteiger partial charge on any atom is -0.344 e. The lowest BCUT2D eigenvalue weighted by atomic mass is 10.0. The van der Waals surface area contributed by atoms with Crippen molar-refractivity contribution in [3.63, 3.8) is 0 Å². The van der Waals surface area contributed by atoms with Crippen LogP contribution < -0.4 is 16.0 Å². The summed E-state index contributed by atoms with van der Waals surface area (Å²) in [6, 6.07) is 11.0. The normalized spacial score (nSPS) is 12.8. The van der Waals surface area contributed by atoms with Gasteiger partial charge >= 0.3 is 6.36 Å². The van der Waals surface area contributed by atoms with Crippen LogP contribution >= 0.6 is 0 Å². The molecule has 1 aromatic carbocycles. The Balaban J connectivity index is 2.02. The number of nitrogens with one attached hydrogen (secondary N) is 3. The van der Waals surface area contributed by atoms with Crippen LogP contribution in [0, 0.1) is 0 Å². The number of hydrogen-bond donors (Lipinski definition) is 3. The number of carbonyl (C=O) groups is 4. The molecule has 0 radical (unpaired) electrons. The standard InChI is InChI=1S/C22H23F3N4O5/c1-14(28-18(30)13-34-22(23,24)25)20(32)29-17(11-15-7-3-2-4-8-15)19(31)21(33)27-12-16-9-5-6-10-26-16/h2-10,14,17H,11-13H2,1H3,(H,27,33)(H,28,30)(H,29,32)/t14-,17-/m1/s1. The molecule has 0 bridgehead atoms. The van der Waals surface area contributed by atoms with Crippen LogP contribution in [0.4, 0.5) is 13.2 Å². The Kier molecular flexibility index (Phi) is 9.68. The van der Waals surface area contributed by atoms with Crippen molar-refractivity contribution in [1.29, 1.82) is 0 Å². The topological polar surface area (TPSA) is 126 Å². The molecule has 0 spiro atoms. The van der Waals surface area contributed by atoms with Gasteiger partial charge in [-0.2, -0.15) is 0 Å². The molecular formula is C22H23F3N4O5. The molecule has 2 rings (SSSR count). The summed E-state index contributed by atoms with van der Waals surface area (Å²) in [6.45, 7) is -0.126. The molecule has 2 aromatic rings. The summed E-state index contributed by atoms with van der Waals surface area (Å²) in [6.07, 6.45) is -3.50.